The van der Waals surface area contributed by atoms with Crippen molar-refractivity contribution in [1.82, 2.24) is 14.7 Å². The highest BCUT2D eigenvalue weighted by atomic mass is 16.6. The highest BCUT2D eigenvalue weighted by Gasteiger charge is 2.23. The number of nitrogens with zero attached hydrogens (tertiary/aromatic N) is 3. The van der Waals surface area contributed by atoms with E-state index in [2.05, 4.69) is 23.3 Å². The number of para-hydroxylation sites is 1. The van der Waals surface area contributed by atoms with Crippen molar-refractivity contribution in [2.45, 2.75) is 12.3 Å². The molecule has 5 nitrogen and oxygen atoms in total. The van der Waals surface area contributed by atoms with Crippen molar-refractivity contribution < 1.29 is 9.53 Å². The average molecular weight is 333 g/mol. The van der Waals surface area contributed by atoms with Gasteiger partial charge < -0.3 is 4.74 Å². The van der Waals surface area contributed by atoms with E-state index in [0.29, 0.717) is 12.3 Å². The maximum atomic E-state index is 12.4. The normalized spacial score (nSPS) is 17.0. The fourth-order valence-corrected chi connectivity index (χ4v) is 3.17. The van der Waals surface area contributed by atoms with Gasteiger partial charge >= 0.3 is 6.09 Å². The molecule has 1 aromatic heterocycles. The minimum atomic E-state index is -0.353. The van der Waals surface area contributed by atoms with Gasteiger partial charge in [-0.15, -0.1) is 0 Å². The molecule has 2 heterocycles. The fraction of sp³-hybridized carbons (Fsp3) is 0.200. The molecule has 0 aliphatic carbocycles. The lowest BCUT2D eigenvalue weighted by atomic mass is 9.93. The van der Waals surface area contributed by atoms with Crippen molar-refractivity contribution in [3.63, 3.8) is 0 Å². The Morgan fingerprint density at radius 1 is 1.20 bits per heavy atom. The first-order valence-electron chi connectivity index (χ1n) is 8.32. The lowest BCUT2D eigenvalue weighted by Crippen LogP contribution is -2.34. The number of ether oxygens (including phenoxy) is 1. The first-order chi connectivity index (χ1) is 12.2. The number of hydrogen-bond donors (Lipinski definition) is 0. The van der Waals surface area contributed by atoms with Crippen LogP contribution >= 0.6 is 0 Å². The second-order valence-electron chi connectivity index (χ2n) is 6.24. The van der Waals surface area contributed by atoms with Crippen LogP contribution in [0, 0.1) is 0 Å². The molecule has 1 amide bonds. The maximum Gasteiger partial charge on any atom is 0.419 e. The van der Waals surface area contributed by atoms with Crippen LogP contribution in [-0.4, -0.2) is 27.3 Å². The van der Waals surface area contributed by atoms with Crippen LogP contribution in [-0.2, 0) is 7.05 Å². The quantitative estimate of drug-likeness (QED) is 0.710. The molecule has 0 radical (unpaired) electrons. The minimum absolute atomic E-state index is 0.243. The lowest BCUT2D eigenvalue weighted by Gasteiger charge is -2.27. The van der Waals surface area contributed by atoms with Gasteiger partial charge in [0.1, 0.15) is 5.75 Å². The monoisotopic (exact) mass is 333 g/mol. The minimum Gasteiger partial charge on any atom is -0.410 e. The van der Waals surface area contributed by atoms with Gasteiger partial charge in [0.05, 0.1) is 11.7 Å². The smallest absolute Gasteiger partial charge is 0.410 e. The van der Waals surface area contributed by atoms with Crippen molar-refractivity contribution >= 4 is 17.0 Å². The molecule has 1 aliphatic heterocycles. The lowest BCUT2D eigenvalue weighted by molar-refractivity contribution is 0.165. The number of aryl methyl sites for hydroxylation is 1. The summed E-state index contributed by atoms with van der Waals surface area (Å²) in [6, 6.07) is 15.5. The Hall–Kier alpha value is -3.08. The summed E-state index contributed by atoms with van der Waals surface area (Å²) in [4.78, 5) is 14.0. The maximum absolute atomic E-state index is 12.4. The summed E-state index contributed by atoms with van der Waals surface area (Å²) in [5, 5.41) is 5.41. The molecule has 0 spiro atoms. The van der Waals surface area contributed by atoms with Gasteiger partial charge in [-0.05, 0) is 30.2 Å². The number of amides is 1. The zero-order chi connectivity index (χ0) is 17.2. The second kappa shape index (κ2) is 6.43. The van der Waals surface area contributed by atoms with Gasteiger partial charge in [-0.1, -0.05) is 36.4 Å². The molecule has 5 heteroatoms. The number of aromatic nitrogens is 2. The molecule has 126 valence electrons. The van der Waals surface area contributed by atoms with Crippen LogP contribution < -0.4 is 4.74 Å². The number of carbonyl (C=O) groups excluding carboxylic acids is 1. The molecular formula is C20H19N3O2. The molecule has 1 aliphatic rings. The summed E-state index contributed by atoms with van der Waals surface area (Å²) in [7, 11) is 1.94. The number of benzene rings is 2. The van der Waals surface area contributed by atoms with Crippen LogP contribution in [0.5, 0.6) is 5.75 Å². The molecule has 3 aromatic rings. The fourth-order valence-electron chi connectivity index (χ4n) is 3.17. The third-order valence-corrected chi connectivity index (χ3v) is 4.55. The van der Waals surface area contributed by atoms with Gasteiger partial charge in [-0.3, -0.25) is 9.58 Å². The number of allylic oxidation sites excluding steroid dienone is 1. The van der Waals surface area contributed by atoms with Gasteiger partial charge in [0.15, 0.2) is 0 Å². The van der Waals surface area contributed by atoms with E-state index < -0.39 is 0 Å². The van der Waals surface area contributed by atoms with Crippen molar-refractivity contribution in [3.05, 3.63) is 72.6 Å². The predicted octanol–water partition coefficient (Wildman–Crippen LogP) is 4.08. The Morgan fingerprint density at radius 3 is 2.88 bits per heavy atom. The number of carbonyl (C=O) groups is 1. The molecule has 0 saturated heterocycles. The zero-order valence-corrected chi connectivity index (χ0v) is 14.0. The van der Waals surface area contributed by atoms with Crippen molar-refractivity contribution in [3.8, 4) is 5.75 Å². The summed E-state index contributed by atoms with van der Waals surface area (Å²) in [6.07, 6.45) is 6.24. The van der Waals surface area contributed by atoms with Gasteiger partial charge in [-0.25, -0.2) is 4.79 Å². The van der Waals surface area contributed by atoms with E-state index in [9.17, 15) is 4.79 Å². The molecule has 0 saturated carbocycles. The van der Waals surface area contributed by atoms with Crippen molar-refractivity contribution in [2.75, 3.05) is 6.54 Å². The summed E-state index contributed by atoms with van der Waals surface area (Å²) >= 11 is 0. The van der Waals surface area contributed by atoms with E-state index in [0.717, 1.165) is 17.3 Å². The van der Waals surface area contributed by atoms with Crippen LogP contribution in [0.4, 0.5) is 4.79 Å². The van der Waals surface area contributed by atoms with E-state index in [1.165, 1.54) is 5.56 Å². The van der Waals surface area contributed by atoms with Crippen LogP contribution in [0.15, 0.2) is 67.0 Å². The molecule has 4 rings (SSSR count). The van der Waals surface area contributed by atoms with Crippen LogP contribution in [0.25, 0.3) is 10.9 Å². The summed E-state index contributed by atoms with van der Waals surface area (Å²) in [6.45, 7) is 0.603. The van der Waals surface area contributed by atoms with Crippen molar-refractivity contribution in [2.24, 2.45) is 7.05 Å². The van der Waals surface area contributed by atoms with E-state index in [-0.39, 0.29) is 12.0 Å². The number of rotatable bonds is 2. The first-order valence-corrected chi connectivity index (χ1v) is 8.32. The average Bonchev–Trinajstić information content (AvgIpc) is 3.03. The molecule has 1 atom stereocenters. The van der Waals surface area contributed by atoms with E-state index in [1.807, 2.05) is 48.4 Å². The largest absolute Gasteiger partial charge is 0.419 e. The van der Waals surface area contributed by atoms with E-state index in [1.54, 1.807) is 17.0 Å². The molecule has 0 bridgehead atoms. The third-order valence-electron chi connectivity index (χ3n) is 4.55. The summed E-state index contributed by atoms with van der Waals surface area (Å²) < 4.78 is 7.31. The van der Waals surface area contributed by atoms with Gasteiger partial charge in [0.25, 0.3) is 0 Å². The Labute approximate surface area is 146 Å². The number of fused-ring (bicyclic) bond motifs is 1. The second-order valence-corrected chi connectivity index (χ2v) is 6.24. The van der Waals surface area contributed by atoms with Crippen LogP contribution in [0.3, 0.4) is 0 Å². The molecular weight excluding hydrogens is 314 g/mol. The Bertz CT molecular complexity index is 931. The topological polar surface area (TPSA) is 47.4 Å². The SMILES string of the molecule is Cn1ncc2ccc([C@@H]3CC=CN(C(=O)Oc4ccccc4)C3)cc21. The molecule has 25 heavy (non-hydrogen) atoms. The highest BCUT2D eigenvalue weighted by molar-refractivity contribution is 5.79. The Kier molecular flexibility index (Phi) is 3.98. The summed E-state index contributed by atoms with van der Waals surface area (Å²) in [5.74, 6) is 0.798. The zero-order valence-electron chi connectivity index (χ0n) is 14.0. The summed E-state index contributed by atoms with van der Waals surface area (Å²) in [5.41, 5.74) is 2.31. The molecule has 2 aromatic carbocycles. The highest BCUT2D eigenvalue weighted by Crippen LogP contribution is 2.28. The van der Waals surface area contributed by atoms with Gasteiger partial charge in [0, 0.05) is 31.1 Å². The van der Waals surface area contributed by atoms with Crippen molar-refractivity contribution in [1.29, 1.82) is 0 Å². The third kappa shape index (κ3) is 3.13. The van der Waals surface area contributed by atoms with Gasteiger partial charge in [0.2, 0.25) is 0 Å². The molecule has 0 unspecified atom stereocenters. The first kappa shape index (κ1) is 15.4. The van der Waals surface area contributed by atoms with Gasteiger partial charge in [-0.2, -0.15) is 5.10 Å². The molecule has 0 fully saturated rings. The van der Waals surface area contributed by atoms with E-state index >= 15 is 0 Å². The van der Waals surface area contributed by atoms with Crippen LogP contribution in [0.1, 0.15) is 17.9 Å². The van der Waals surface area contributed by atoms with Crippen LogP contribution in [0.2, 0.25) is 0 Å². The van der Waals surface area contributed by atoms with E-state index in [4.69, 9.17) is 4.74 Å². The predicted molar refractivity (Wildman–Crippen MR) is 96.4 cm³/mol. The number of hydrogen-bond acceptors (Lipinski definition) is 3. The molecule has 0 N–H and O–H groups in total. The Morgan fingerprint density at radius 2 is 2.04 bits per heavy atom. The standard InChI is InChI=1S/C20H19N3O2/c1-22-19-12-15(9-10-16(19)13-21-22)17-6-5-11-23(14-17)20(24)25-18-7-3-2-4-8-18/h2-5,7-13,17H,6,14H2,1H3/t17-/m1/s1. The Balaban J connectivity index is 1.51.